The Kier molecular flexibility index (Phi) is 3.96. The molecule has 0 N–H and O–H groups in total. The minimum atomic E-state index is 0.684. The summed E-state index contributed by atoms with van der Waals surface area (Å²) >= 11 is 9.50. The molecule has 1 aromatic heterocycles. The molecule has 0 aliphatic rings. The van der Waals surface area contributed by atoms with E-state index in [1.807, 2.05) is 11.3 Å². The lowest BCUT2D eigenvalue weighted by molar-refractivity contribution is 0.668. The van der Waals surface area contributed by atoms with E-state index in [0.717, 1.165) is 12.2 Å². The maximum Gasteiger partial charge on any atom is 0.0701 e. The normalized spacial score (nSPS) is 13.4. The van der Waals surface area contributed by atoms with Crippen molar-refractivity contribution < 1.29 is 0 Å². The first-order valence-corrected chi connectivity index (χ1v) is 5.81. The molecule has 0 aromatic carbocycles. The van der Waals surface area contributed by atoms with Crippen LogP contribution in [0.15, 0.2) is 15.9 Å². The second-order valence-corrected chi connectivity index (χ2v) is 5.61. The third-order valence-corrected chi connectivity index (χ3v) is 3.76. The number of hydrogen-bond acceptors (Lipinski definition) is 2. The molecule has 0 radical (unpaired) electrons. The smallest absolute Gasteiger partial charge is 0.0701 e. The van der Waals surface area contributed by atoms with Crippen LogP contribution in [-0.4, -0.2) is 5.75 Å². The fourth-order valence-electron chi connectivity index (χ4n) is 0.869. The van der Waals surface area contributed by atoms with Crippen LogP contribution in [0, 0.1) is 5.92 Å². The van der Waals surface area contributed by atoms with E-state index in [1.54, 1.807) is 0 Å². The molecule has 62 valence electrons. The Labute approximate surface area is 85.6 Å². The van der Waals surface area contributed by atoms with Gasteiger partial charge in [0.05, 0.1) is 3.79 Å². The van der Waals surface area contributed by atoms with Crippen molar-refractivity contribution >= 4 is 39.9 Å². The Morgan fingerprint density at radius 3 is 2.82 bits per heavy atom. The molecule has 0 nitrogen and oxygen atoms in total. The van der Waals surface area contributed by atoms with Crippen LogP contribution >= 0.6 is 39.9 Å². The highest BCUT2D eigenvalue weighted by molar-refractivity contribution is 9.11. The van der Waals surface area contributed by atoms with Gasteiger partial charge < -0.3 is 0 Å². The third-order valence-electron chi connectivity index (χ3n) is 1.49. The van der Waals surface area contributed by atoms with E-state index < -0.39 is 0 Å². The van der Waals surface area contributed by atoms with Crippen molar-refractivity contribution in [1.29, 1.82) is 0 Å². The molecular weight excluding hydrogens is 240 g/mol. The molecule has 0 bridgehead atoms. The van der Waals surface area contributed by atoms with Crippen molar-refractivity contribution in [2.75, 3.05) is 5.75 Å². The Bertz CT molecular complexity index is 220. The van der Waals surface area contributed by atoms with Crippen LogP contribution in [0.4, 0.5) is 0 Å². The van der Waals surface area contributed by atoms with Crippen LogP contribution in [0.25, 0.3) is 0 Å². The van der Waals surface area contributed by atoms with Gasteiger partial charge in [-0.1, -0.05) is 6.92 Å². The van der Waals surface area contributed by atoms with Crippen molar-refractivity contribution in [3.8, 4) is 0 Å². The molecule has 1 aromatic rings. The molecule has 0 spiro atoms. The van der Waals surface area contributed by atoms with Crippen molar-refractivity contribution in [3.05, 3.63) is 20.8 Å². The number of rotatable bonds is 3. The Hall–Kier alpha value is 0.530. The highest BCUT2D eigenvalue weighted by Crippen LogP contribution is 2.24. The van der Waals surface area contributed by atoms with Gasteiger partial charge in [-0.3, -0.25) is 0 Å². The molecule has 1 unspecified atom stereocenters. The van der Waals surface area contributed by atoms with Gasteiger partial charge in [-0.25, -0.2) is 0 Å². The predicted molar refractivity (Wildman–Crippen MR) is 58.7 cm³/mol. The Balaban J connectivity index is 2.50. The van der Waals surface area contributed by atoms with Gasteiger partial charge >= 0.3 is 0 Å². The summed E-state index contributed by atoms with van der Waals surface area (Å²) in [6, 6.07) is 4.28. The van der Waals surface area contributed by atoms with E-state index >= 15 is 0 Å². The second kappa shape index (κ2) is 4.53. The van der Waals surface area contributed by atoms with Crippen molar-refractivity contribution in [2.24, 2.45) is 5.92 Å². The molecular formula is C8H11BrS2. The first-order chi connectivity index (χ1) is 5.22. The number of thiol groups is 1. The Morgan fingerprint density at radius 1 is 1.64 bits per heavy atom. The quantitative estimate of drug-likeness (QED) is 0.779. The first-order valence-electron chi connectivity index (χ1n) is 3.57. The van der Waals surface area contributed by atoms with Gasteiger partial charge in [0.15, 0.2) is 0 Å². The van der Waals surface area contributed by atoms with Crippen molar-refractivity contribution in [2.45, 2.75) is 13.3 Å². The maximum atomic E-state index is 4.25. The van der Waals surface area contributed by atoms with E-state index in [1.165, 1.54) is 8.66 Å². The van der Waals surface area contributed by atoms with Crippen LogP contribution in [0.2, 0.25) is 0 Å². The van der Waals surface area contributed by atoms with Gasteiger partial charge in [0.2, 0.25) is 0 Å². The monoisotopic (exact) mass is 250 g/mol. The highest BCUT2D eigenvalue weighted by atomic mass is 79.9. The molecule has 1 atom stereocenters. The summed E-state index contributed by atoms with van der Waals surface area (Å²) < 4.78 is 1.22. The lowest BCUT2D eigenvalue weighted by Gasteiger charge is -2.03. The topological polar surface area (TPSA) is 0 Å². The van der Waals surface area contributed by atoms with Crippen LogP contribution in [0.5, 0.6) is 0 Å². The lowest BCUT2D eigenvalue weighted by Crippen LogP contribution is -1.98. The summed E-state index contributed by atoms with van der Waals surface area (Å²) in [5, 5.41) is 0. The van der Waals surface area contributed by atoms with Gasteiger partial charge in [-0.15, -0.1) is 11.3 Å². The fourth-order valence-corrected chi connectivity index (χ4v) is 2.64. The maximum absolute atomic E-state index is 4.25. The third kappa shape index (κ3) is 3.18. The molecule has 0 aliphatic heterocycles. The van der Waals surface area contributed by atoms with Gasteiger partial charge in [0.25, 0.3) is 0 Å². The molecule has 3 heteroatoms. The molecule has 1 rings (SSSR count). The predicted octanol–water partition coefficient (Wildman–Crippen LogP) is 3.62. The minimum Gasteiger partial charge on any atom is -0.179 e. The average Bonchev–Trinajstić information content (AvgIpc) is 2.35. The van der Waals surface area contributed by atoms with E-state index in [9.17, 15) is 0 Å². The zero-order chi connectivity index (χ0) is 8.27. The molecule has 0 amide bonds. The fraction of sp³-hybridized carbons (Fsp3) is 0.500. The summed E-state index contributed by atoms with van der Waals surface area (Å²) in [7, 11) is 0. The largest absolute Gasteiger partial charge is 0.179 e. The standard InChI is InChI=1S/C8H11BrS2/c1-6(5-10)4-7-2-3-8(9)11-7/h2-3,6,10H,4-5H2,1H3. The zero-order valence-corrected chi connectivity index (χ0v) is 9.68. The van der Waals surface area contributed by atoms with Gasteiger partial charge in [-0.05, 0) is 46.2 Å². The van der Waals surface area contributed by atoms with E-state index in [4.69, 9.17) is 0 Å². The van der Waals surface area contributed by atoms with Crippen molar-refractivity contribution in [3.63, 3.8) is 0 Å². The molecule has 11 heavy (non-hydrogen) atoms. The zero-order valence-electron chi connectivity index (χ0n) is 6.38. The number of thiophene rings is 1. The van der Waals surface area contributed by atoms with E-state index in [0.29, 0.717) is 5.92 Å². The SMILES string of the molecule is CC(CS)Cc1ccc(Br)s1. The van der Waals surface area contributed by atoms with Crippen LogP contribution < -0.4 is 0 Å². The van der Waals surface area contributed by atoms with E-state index in [-0.39, 0.29) is 0 Å². The molecule has 0 fully saturated rings. The number of halogens is 1. The van der Waals surface area contributed by atoms with Gasteiger partial charge in [0, 0.05) is 4.88 Å². The van der Waals surface area contributed by atoms with Crippen LogP contribution in [-0.2, 0) is 6.42 Å². The summed E-state index contributed by atoms with van der Waals surface area (Å²) in [5.74, 6) is 1.65. The van der Waals surface area contributed by atoms with Gasteiger partial charge in [-0.2, -0.15) is 12.6 Å². The summed E-state index contributed by atoms with van der Waals surface area (Å²) in [4.78, 5) is 1.44. The summed E-state index contributed by atoms with van der Waals surface area (Å²) in [6.07, 6.45) is 1.15. The summed E-state index contributed by atoms with van der Waals surface area (Å²) in [6.45, 7) is 2.22. The number of hydrogen-bond donors (Lipinski definition) is 1. The van der Waals surface area contributed by atoms with Gasteiger partial charge in [0.1, 0.15) is 0 Å². The second-order valence-electron chi connectivity index (χ2n) is 2.70. The Morgan fingerprint density at radius 2 is 2.36 bits per heavy atom. The molecule has 0 saturated heterocycles. The summed E-state index contributed by atoms with van der Waals surface area (Å²) in [5.41, 5.74) is 0. The molecule has 1 heterocycles. The average molecular weight is 251 g/mol. The van der Waals surface area contributed by atoms with Crippen LogP contribution in [0.1, 0.15) is 11.8 Å². The molecule has 0 aliphatic carbocycles. The minimum absolute atomic E-state index is 0.684. The lowest BCUT2D eigenvalue weighted by atomic mass is 10.1. The highest BCUT2D eigenvalue weighted by Gasteiger charge is 2.02. The molecule has 0 saturated carbocycles. The van der Waals surface area contributed by atoms with E-state index in [2.05, 4.69) is 47.6 Å². The van der Waals surface area contributed by atoms with Crippen molar-refractivity contribution in [1.82, 2.24) is 0 Å². The van der Waals surface area contributed by atoms with Crippen LogP contribution in [0.3, 0.4) is 0 Å². The first kappa shape index (κ1) is 9.62.